The van der Waals surface area contributed by atoms with E-state index < -0.39 is 9.84 Å². The Morgan fingerprint density at radius 3 is 2.32 bits per heavy atom. The summed E-state index contributed by atoms with van der Waals surface area (Å²) < 4.78 is 23.1. The molecule has 2 atom stereocenters. The second kappa shape index (κ2) is 9.40. The smallest absolute Gasteiger partial charge is 0.234 e. The molecule has 6 heteroatoms. The largest absolute Gasteiger partial charge is 0.351 e. The minimum Gasteiger partial charge on any atom is -0.351 e. The minimum atomic E-state index is -2.98. The molecule has 0 aromatic heterocycles. The van der Waals surface area contributed by atoms with Gasteiger partial charge in [-0.25, -0.2) is 8.42 Å². The standard InChI is InChI=1S/C22H34N2O3S/c1-16(2)22(23-14-21(25)24-20-12-13-28(26,27)15-20)19-10-8-18(9-11-19)17-6-4-3-5-7-17/h8-11,16-17,20,22-23H,3-7,12-15H2,1-2H3,(H,24,25)/t20-,22-/m1/s1. The first kappa shape index (κ1) is 21.3. The van der Waals surface area contributed by atoms with Gasteiger partial charge in [0.2, 0.25) is 5.91 Å². The van der Waals surface area contributed by atoms with Gasteiger partial charge in [0.15, 0.2) is 9.84 Å². The molecule has 1 aliphatic carbocycles. The van der Waals surface area contributed by atoms with Gasteiger partial charge >= 0.3 is 0 Å². The Hall–Kier alpha value is -1.40. The summed E-state index contributed by atoms with van der Waals surface area (Å²) in [6.45, 7) is 4.49. The molecule has 3 rings (SSSR count). The summed E-state index contributed by atoms with van der Waals surface area (Å²) in [5.41, 5.74) is 2.64. The first-order chi connectivity index (χ1) is 13.3. The number of sulfone groups is 1. The van der Waals surface area contributed by atoms with Crippen molar-refractivity contribution in [3.8, 4) is 0 Å². The van der Waals surface area contributed by atoms with E-state index in [0.29, 0.717) is 18.3 Å². The van der Waals surface area contributed by atoms with Crippen LogP contribution in [0.25, 0.3) is 0 Å². The van der Waals surface area contributed by atoms with Crippen molar-refractivity contribution < 1.29 is 13.2 Å². The Morgan fingerprint density at radius 1 is 1.07 bits per heavy atom. The zero-order chi connectivity index (χ0) is 20.1. The van der Waals surface area contributed by atoms with Gasteiger partial charge in [-0.1, -0.05) is 57.4 Å². The summed E-state index contributed by atoms with van der Waals surface area (Å²) in [6.07, 6.45) is 7.14. The fraction of sp³-hybridized carbons (Fsp3) is 0.682. The molecule has 5 nitrogen and oxygen atoms in total. The molecule has 1 saturated carbocycles. The van der Waals surface area contributed by atoms with Crippen molar-refractivity contribution in [3.05, 3.63) is 35.4 Å². The third-order valence-electron chi connectivity index (χ3n) is 6.12. The summed E-state index contributed by atoms with van der Waals surface area (Å²) in [6, 6.07) is 8.76. The second-order valence-corrected chi connectivity index (χ2v) is 11.0. The topological polar surface area (TPSA) is 75.3 Å². The third-order valence-corrected chi connectivity index (χ3v) is 7.89. The number of hydrogen-bond donors (Lipinski definition) is 2. The van der Waals surface area contributed by atoms with Crippen molar-refractivity contribution in [2.45, 2.75) is 70.4 Å². The molecule has 28 heavy (non-hydrogen) atoms. The molecule has 1 amide bonds. The highest BCUT2D eigenvalue weighted by atomic mass is 32.2. The molecule has 0 bridgehead atoms. The number of carbonyl (C=O) groups excluding carboxylic acids is 1. The number of carbonyl (C=O) groups is 1. The summed E-state index contributed by atoms with van der Waals surface area (Å²) in [5, 5.41) is 6.22. The molecule has 0 radical (unpaired) electrons. The van der Waals surface area contributed by atoms with E-state index in [2.05, 4.69) is 48.7 Å². The molecule has 2 fully saturated rings. The normalized spacial score (nSPS) is 23.6. The highest BCUT2D eigenvalue weighted by Gasteiger charge is 2.29. The van der Waals surface area contributed by atoms with E-state index in [9.17, 15) is 13.2 Å². The van der Waals surface area contributed by atoms with E-state index in [1.165, 1.54) is 43.2 Å². The fourth-order valence-electron chi connectivity index (χ4n) is 4.54. The van der Waals surface area contributed by atoms with Gasteiger partial charge in [0.25, 0.3) is 0 Å². The first-order valence-corrected chi connectivity index (χ1v) is 12.5. The Labute approximate surface area is 169 Å². The van der Waals surface area contributed by atoms with Crippen molar-refractivity contribution in [1.29, 1.82) is 0 Å². The maximum absolute atomic E-state index is 12.3. The van der Waals surface area contributed by atoms with Crippen LogP contribution in [0.5, 0.6) is 0 Å². The molecule has 0 spiro atoms. The monoisotopic (exact) mass is 406 g/mol. The highest BCUT2D eigenvalue weighted by molar-refractivity contribution is 7.91. The van der Waals surface area contributed by atoms with Gasteiger partial charge in [0, 0.05) is 12.1 Å². The average Bonchev–Trinajstić information content (AvgIpc) is 3.01. The number of amides is 1. The van der Waals surface area contributed by atoms with E-state index in [1.54, 1.807) is 0 Å². The summed E-state index contributed by atoms with van der Waals surface area (Å²) >= 11 is 0. The fourth-order valence-corrected chi connectivity index (χ4v) is 6.21. The van der Waals surface area contributed by atoms with Gasteiger partial charge in [-0.05, 0) is 42.2 Å². The van der Waals surface area contributed by atoms with Crippen LogP contribution in [-0.2, 0) is 14.6 Å². The lowest BCUT2D eigenvalue weighted by Crippen LogP contribution is -2.42. The lowest BCUT2D eigenvalue weighted by Gasteiger charge is -2.25. The van der Waals surface area contributed by atoms with Gasteiger partial charge in [-0.15, -0.1) is 0 Å². The Morgan fingerprint density at radius 2 is 1.75 bits per heavy atom. The van der Waals surface area contributed by atoms with Crippen LogP contribution in [0.2, 0.25) is 0 Å². The predicted octanol–water partition coefficient (Wildman–Crippen LogP) is 3.32. The van der Waals surface area contributed by atoms with Crippen molar-refractivity contribution in [2.24, 2.45) is 5.92 Å². The molecule has 2 N–H and O–H groups in total. The molecule has 1 aromatic rings. The molecule has 1 aromatic carbocycles. The van der Waals surface area contributed by atoms with Crippen LogP contribution < -0.4 is 10.6 Å². The van der Waals surface area contributed by atoms with Crippen molar-refractivity contribution in [3.63, 3.8) is 0 Å². The molecule has 0 unspecified atom stereocenters. The lowest BCUT2D eigenvalue weighted by molar-refractivity contribution is -0.121. The number of benzene rings is 1. The number of nitrogens with one attached hydrogen (secondary N) is 2. The van der Waals surface area contributed by atoms with E-state index in [1.807, 2.05) is 0 Å². The van der Waals surface area contributed by atoms with Gasteiger partial charge in [-0.2, -0.15) is 0 Å². The maximum Gasteiger partial charge on any atom is 0.234 e. The molecule has 1 saturated heterocycles. The van der Waals surface area contributed by atoms with Crippen LogP contribution >= 0.6 is 0 Å². The first-order valence-electron chi connectivity index (χ1n) is 10.7. The molecule has 1 heterocycles. The summed E-state index contributed by atoms with van der Waals surface area (Å²) in [7, 11) is -2.98. The molecule has 2 aliphatic rings. The second-order valence-electron chi connectivity index (χ2n) is 8.77. The van der Waals surface area contributed by atoms with E-state index in [0.717, 1.165) is 0 Å². The summed E-state index contributed by atoms with van der Waals surface area (Å²) in [4.78, 5) is 12.3. The van der Waals surface area contributed by atoms with Crippen molar-refractivity contribution in [2.75, 3.05) is 18.1 Å². The van der Waals surface area contributed by atoms with Crippen molar-refractivity contribution >= 4 is 15.7 Å². The third kappa shape index (κ3) is 5.80. The molecule has 1 aliphatic heterocycles. The van der Waals surface area contributed by atoms with Gasteiger partial charge in [0.1, 0.15) is 0 Å². The van der Waals surface area contributed by atoms with Gasteiger partial charge < -0.3 is 10.6 Å². The zero-order valence-corrected chi connectivity index (χ0v) is 17.9. The average molecular weight is 407 g/mol. The van der Waals surface area contributed by atoms with Crippen LogP contribution in [0.4, 0.5) is 0 Å². The lowest BCUT2D eigenvalue weighted by atomic mass is 9.83. The van der Waals surface area contributed by atoms with E-state index in [4.69, 9.17) is 0 Å². The highest BCUT2D eigenvalue weighted by Crippen LogP contribution is 2.33. The predicted molar refractivity (Wildman–Crippen MR) is 113 cm³/mol. The van der Waals surface area contributed by atoms with Crippen LogP contribution in [0.1, 0.15) is 75.5 Å². The quantitative estimate of drug-likeness (QED) is 0.728. The minimum absolute atomic E-state index is 0.0645. The SMILES string of the molecule is CC(C)[C@@H](NCC(=O)N[C@@H]1CCS(=O)(=O)C1)c1ccc(C2CCCCC2)cc1. The number of hydrogen-bond acceptors (Lipinski definition) is 4. The summed E-state index contributed by atoms with van der Waals surface area (Å²) in [5.74, 6) is 1.15. The molecular weight excluding hydrogens is 372 g/mol. The molecule has 156 valence electrons. The van der Waals surface area contributed by atoms with Crippen LogP contribution in [0.3, 0.4) is 0 Å². The van der Waals surface area contributed by atoms with Crippen LogP contribution in [0, 0.1) is 5.92 Å². The van der Waals surface area contributed by atoms with Crippen LogP contribution in [0.15, 0.2) is 24.3 Å². The van der Waals surface area contributed by atoms with E-state index in [-0.39, 0.29) is 36.0 Å². The Bertz CT molecular complexity index is 752. The van der Waals surface area contributed by atoms with E-state index >= 15 is 0 Å². The van der Waals surface area contributed by atoms with Gasteiger partial charge in [0.05, 0.1) is 18.1 Å². The van der Waals surface area contributed by atoms with Crippen LogP contribution in [-0.4, -0.2) is 38.4 Å². The Balaban J connectivity index is 1.55. The maximum atomic E-state index is 12.3. The Kier molecular flexibility index (Phi) is 7.15. The molecular formula is C22H34N2O3S. The van der Waals surface area contributed by atoms with Gasteiger partial charge in [-0.3, -0.25) is 4.79 Å². The zero-order valence-electron chi connectivity index (χ0n) is 17.1. The number of rotatable bonds is 7. The van der Waals surface area contributed by atoms with Crippen molar-refractivity contribution in [1.82, 2.24) is 10.6 Å².